The van der Waals surface area contributed by atoms with Crippen molar-refractivity contribution in [2.45, 2.75) is 51.5 Å². The Morgan fingerprint density at radius 2 is 1.93 bits per heavy atom. The molecule has 2 aromatic carbocycles. The van der Waals surface area contributed by atoms with Crippen molar-refractivity contribution in [1.82, 2.24) is 4.90 Å². The van der Waals surface area contributed by atoms with Gasteiger partial charge in [-0.1, -0.05) is 19.8 Å². The topological polar surface area (TPSA) is 62.2 Å². The van der Waals surface area contributed by atoms with Crippen LogP contribution < -0.4 is 9.47 Å². The quantitative estimate of drug-likeness (QED) is 0.698. The van der Waals surface area contributed by atoms with Gasteiger partial charge in [0.2, 0.25) is 0 Å². The number of unbranched alkanes of at least 4 members (excludes halogenated alkanes) is 2. The van der Waals surface area contributed by atoms with E-state index in [4.69, 9.17) is 9.47 Å². The van der Waals surface area contributed by atoms with Gasteiger partial charge in [-0.25, -0.2) is 0 Å². The van der Waals surface area contributed by atoms with Crippen molar-refractivity contribution in [2.24, 2.45) is 0 Å². The van der Waals surface area contributed by atoms with Crippen LogP contribution in [0.5, 0.6) is 23.0 Å². The summed E-state index contributed by atoms with van der Waals surface area (Å²) in [7, 11) is 5.34. The summed E-state index contributed by atoms with van der Waals surface area (Å²) < 4.78 is 11.2. The fraction of sp³-hybridized carbons (Fsp3) is 0.500. The van der Waals surface area contributed by atoms with Gasteiger partial charge < -0.3 is 19.7 Å². The Balaban J connectivity index is 2.00. The van der Waals surface area contributed by atoms with Gasteiger partial charge in [-0.3, -0.25) is 4.90 Å². The van der Waals surface area contributed by atoms with Gasteiger partial charge in [-0.05, 0) is 67.1 Å². The molecule has 2 N–H and O–H groups in total. The summed E-state index contributed by atoms with van der Waals surface area (Å²) in [5.74, 6) is 1.41. The number of rotatable bonds is 6. The molecule has 1 aliphatic carbocycles. The maximum Gasteiger partial charge on any atom is 0.168 e. The van der Waals surface area contributed by atoms with E-state index in [-0.39, 0.29) is 17.5 Å². The molecular weight excluding hydrogens is 366 g/mol. The third-order valence-corrected chi connectivity index (χ3v) is 6.59. The standard InChI is InChI=1S/C24H31NO4/c1-5-6-7-8-16-15-9-10-25(2)18-11-14-12-19(26)20(28-3)13-17(14)22(21(15)18)24(29-4)23(16)27/h12-13,18,26-27H,5-11H2,1-4H3. The van der Waals surface area contributed by atoms with Crippen LogP contribution in [0, 0.1) is 0 Å². The lowest BCUT2D eigenvalue weighted by molar-refractivity contribution is 0.225. The molecule has 29 heavy (non-hydrogen) atoms. The number of benzene rings is 2. The van der Waals surface area contributed by atoms with Crippen molar-refractivity contribution in [1.29, 1.82) is 0 Å². The van der Waals surface area contributed by atoms with Gasteiger partial charge in [-0.2, -0.15) is 0 Å². The van der Waals surface area contributed by atoms with Crippen molar-refractivity contribution in [3.8, 4) is 34.1 Å². The number of fused-ring (bicyclic) bond motifs is 2. The minimum Gasteiger partial charge on any atom is -0.504 e. The molecule has 1 heterocycles. The molecule has 1 atom stereocenters. The zero-order valence-electron chi connectivity index (χ0n) is 17.8. The van der Waals surface area contributed by atoms with Crippen LogP contribution >= 0.6 is 0 Å². The van der Waals surface area contributed by atoms with Crippen molar-refractivity contribution in [3.63, 3.8) is 0 Å². The van der Waals surface area contributed by atoms with Gasteiger partial charge in [0.15, 0.2) is 23.0 Å². The summed E-state index contributed by atoms with van der Waals surface area (Å²) in [5.41, 5.74) is 6.61. The molecule has 0 aromatic heterocycles. The van der Waals surface area contributed by atoms with Crippen LogP contribution in [0.3, 0.4) is 0 Å². The number of likely N-dealkylation sites (N-methyl/N-ethyl adjacent to an activating group) is 1. The van der Waals surface area contributed by atoms with Gasteiger partial charge in [0.1, 0.15) is 0 Å². The van der Waals surface area contributed by atoms with Crippen molar-refractivity contribution >= 4 is 0 Å². The van der Waals surface area contributed by atoms with E-state index < -0.39 is 0 Å². The number of hydrogen-bond donors (Lipinski definition) is 2. The second-order valence-electron chi connectivity index (χ2n) is 8.22. The van der Waals surface area contributed by atoms with Crippen molar-refractivity contribution < 1.29 is 19.7 Å². The Bertz CT molecular complexity index is 937. The number of methoxy groups -OCH3 is 2. The normalized spacial score (nSPS) is 17.6. The molecule has 0 spiro atoms. The Labute approximate surface area is 172 Å². The highest BCUT2D eigenvalue weighted by molar-refractivity contribution is 5.86. The van der Waals surface area contributed by atoms with Crippen LogP contribution in [0.4, 0.5) is 0 Å². The summed E-state index contributed by atoms with van der Waals surface area (Å²) in [6.07, 6.45) is 6.00. The van der Waals surface area contributed by atoms with E-state index in [2.05, 4.69) is 18.9 Å². The lowest BCUT2D eigenvalue weighted by Crippen LogP contribution is -2.36. The van der Waals surface area contributed by atoms with Crippen LogP contribution in [0.15, 0.2) is 12.1 Å². The molecule has 0 fully saturated rings. The SMILES string of the molecule is CCCCCc1c(O)c(OC)c2c3c1CCN(C)C3Cc1cc(O)c(OC)cc1-2. The largest absolute Gasteiger partial charge is 0.504 e. The third kappa shape index (κ3) is 3.12. The average Bonchev–Trinajstić information content (AvgIpc) is 2.71. The van der Waals surface area contributed by atoms with Crippen molar-refractivity contribution in [3.05, 3.63) is 34.4 Å². The second kappa shape index (κ2) is 7.79. The van der Waals surface area contributed by atoms with Crippen LogP contribution in [0.2, 0.25) is 0 Å². The maximum absolute atomic E-state index is 11.2. The lowest BCUT2D eigenvalue weighted by atomic mass is 9.74. The summed E-state index contributed by atoms with van der Waals surface area (Å²) in [6, 6.07) is 3.89. The van der Waals surface area contributed by atoms with Gasteiger partial charge in [0, 0.05) is 23.7 Å². The van der Waals surface area contributed by atoms with E-state index in [1.54, 1.807) is 20.3 Å². The number of phenolic OH excluding ortho intramolecular Hbond substituents is 2. The first-order chi connectivity index (χ1) is 14.0. The molecule has 5 nitrogen and oxygen atoms in total. The molecule has 1 aliphatic heterocycles. The van der Waals surface area contributed by atoms with Crippen LogP contribution in [-0.2, 0) is 19.3 Å². The Kier molecular flexibility index (Phi) is 5.34. The highest BCUT2D eigenvalue weighted by Gasteiger charge is 2.38. The number of ether oxygens (including phenoxy) is 2. The zero-order chi connectivity index (χ0) is 20.7. The fourth-order valence-electron chi connectivity index (χ4n) is 5.08. The van der Waals surface area contributed by atoms with Crippen LogP contribution in [0.1, 0.15) is 54.5 Å². The van der Waals surface area contributed by atoms with E-state index in [9.17, 15) is 10.2 Å². The summed E-state index contributed by atoms with van der Waals surface area (Å²) in [6.45, 7) is 3.16. The van der Waals surface area contributed by atoms with Crippen LogP contribution in [-0.4, -0.2) is 42.9 Å². The Morgan fingerprint density at radius 1 is 1.14 bits per heavy atom. The fourth-order valence-corrected chi connectivity index (χ4v) is 5.08. The third-order valence-electron chi connectivity index (χ3n) is 6.59. The molecule has 2 aromatic rings. The molecule has 156 valence electrons. The summed E-state index contributed by atoms with van der Waals surface area (Å²) in [5, 5.41) is 21.6. The maximum atomic E-state index is 11.2. The van der Waals surface area contributed by atoms with E-state index in [1.807, 2.05) is 6.07 Å². The van der Waals surface area contributed by atoms with E-state index in [0.29, 0.717) is 11.5 Å². The van der Waals surface area contributed by atoms with E-state index >= 15 is 0 Å². The van der Waals surface area contributed by atoms with Gasteiger partial charge in [-0.15, -0.1) is 0 Å². The van der Waals surface area contributed by atoms with Gasteiger partial charge >= 0.3 is 0 Å². The lowest BCUT2D eigenvalue weighted by Gasteiger charge is -2.41. The molecule has 1 unspecified atom stereocenters. The number of aromatic hydroxyl groups is 2. The number of nitrogens with zero attached hydrogens (tertiary/aromatic N) is 1. The highest BCUT2D eigenvalue weighted by Crippen LogP contribution is 2.55. The smallest absolute Gasteiger partial charge is 0.168 e. The molecule has 4 rings (SSSR count). The van der Waals surface area contributed by atoms with Gasteiger partial charge in [0.25, 0.3) is 0 Å². The Morgan fingerprint density at radius 3 is 2.62 bits per heavy atom. The molecular formula is C24H31NO4. The summed E-state index contributed by atoms with van der Waals surface area (Å²) >= 11 is 0. The molecule has 0 saturated carbocycles. The minimum absolute atomic E-state index is 0.146. The predicted octanol–water partition coefficient (Wildman–Crippen LogP) is 4.60. The average molecular weight is 398 g/mol. The second-order valence-corrected chi connectivity index (χ2v) is 8.22. The molecule has 0 amide bonds. The molecule has 2 aliphatic rings. The molecule has 0 radical (unpaired) electrons. The first kappa shape index (κ1) is 19.9. The molecule has 0 saturated heterocycles. The monoisotopic (exact) mass is 397 g/mol. The number of hydrogen-bond acceptors (Lipinski definition) is 5. The van der Waals surface area contributed by atoms with Crippen LogP contribution in [0.25, 0.3) is 11.1 Å². The zero-order valence-corrected chi connectivity index (χ0v) is 17.8. The predicted molar refractivity (Wildman–Crippen MR) is 114 cm³/mol. The Hall–Kier alpha value is -2.40. The first-order valence-electron chi connectivity index (χ1n) is 10.6. The van der Waals surface area contributed by atoms with E-state index in [0.717, 1.165) is 67.3 Å². The molecule has 0 bridgehead atoms. The van der Waals surface area contributed by atoms with Crippen molar-refractivity contribution in [2.75, 3.05) is 27.8 Å². The first-order valence-corrected chi connectivity index (χ1v) is 10.6. The van der Waals surface area contributed by atoms with Gasteiger partial charge in [0.05, 0.1) is 14.2 Å². The van der Waals surface area contributed by atoms with E-state index in [1.165, 1.54) is 11.1 Å². The number of phenols is 2. The molecule has 5 heteroatoms. The minimum atomic E-state index is 0.146. The highest BCUT2D eigenvalue weighted by atomic mass is 16.5. The summed E-state index contributed by atoms with van der Waals surface area (Å²) in [4.78, 5) is 2.38.